The van der Waals surface area contributed by atoms with Crippen molar-refractivity contribution in [2.45, 2.75) is 9.79 Å². The van der Waals surface area contributed by atoms with Crippen molar-refractivity contribution in [1.29, 1.82) is 0 Å². The summed E-state index contributed by atoms with van der Waals surface area (Å²) in [6.45, 7) is 0. The molecular weight excluding hydrogens is 317 g/mol. The van der Waals surface area contributed by atoms with E-state index in [0.717, 1.165) is 18.2 Å². The second-order valence-electron chi connectivity index (χ2n) is 3.85. The van der Waals surface area contributed by atoms with E-state index in [-0.39, 0.29) is 45.5 Å². The Labute approximate surface area is 137 Å². The molecule has 0 aliphatic heterocycles. The van der Waals surface area contributed by atoms with Crippen molar-refractivity contribution in [3.05, 3.63) is 30.3 Å². The minimum absolute atomic E-state index is 0. The van der Waals surface area contributed by atoms with Crippen molar-refractivity contribution in [3.63, 3.8) is 0 Å². The third kappa shape index (κ3) is 3.50. The minimum atomic E-state index is -4.51. The molecule has 4 N–H and O–H groups in total. The first-order chi connectivity index (χ1) is 8.59. The van der Waals surface area contributed by atoms with Crippen molar-refractivity contribution in [2.24, 2.45) is 0 Å². The summed E-state index contributed by atoms with van der Waals surface area (Å²) in [5, 5.41) is 0.675. The number of benzene rings is 2. The molecule has 0 amide bonds. The largest absolute Gasteiger partial charge is 0.398 e. The molecule has 2 aromatic rings. The number of nitrogen functional groups attached to an aromatic ring is 1. The van der Waals surface area contributed by atoms with Crippen LogP contribution in [0.2, 0.25) is 0 Å². The van der Waals surface area contributed by atoms with Crippen LogP contribution in [0.1, 0.15) is 0 Å². The van der Waals surface area contributed by atoms with E-state index >= 15 is 0 Å². The van der Waals surface area contributed by atoms with Crippen LogP contribution in [0.4, 0.5) is 5.69 Å². The van der Waals surface area contributed by atoms with Crippen LogP contribution in [0.25, 0.3) is 10.8 Å². The van der Waals surface area contributed by atoms with Gasteiger partial charge in [0.1, 0.15) is 4.90 Å². The molecule has 0 aliphatic rings. The number of rotatable bonds is 2. The summed E-state index contributed by atoms with van der Waals surface area (Å²) < 4.78 is 62.0. The molecule has 20 heavy (non-hydrogen) atoms. The monoisotopic (exact) mass is 326 g/mol. The first-order valence-corrected chi connectivity index (χ1v) is 7.75. The average Bonchev–Trinajstić information content (AvgIpc) is 2.24. The maximum atomic E-state index is 11.1. The molecule has 0 aromatic heterocycles. The summed E-state index contributed by atoms with van der Waals surface area (Å²) >= 11 is 0. The van der Waals surface area contributed by atoms with E-state index in [9.17, 15) is 16.8 Å². The van der Waals surface area contributed by atoms with Gasteiger partial charge in [-0.1, -0.05) is 6.07 Å². The van der Waals surface area contributed by atoms with Gasteiger partial charge in [-0.25, -0.2) is 0 Å². The number of nitrogens with two attached hydrogens (primary N) is 1. The van der Waals surface area contributed by atoms with Gasteiger partial charge in [0.2, 0.25) is 0 Å². The van der Waals surface area contributed by atoms with Crippen molar-refractivity contribution < 1.29 is 25.9 Å². The standard InChI is InChI=1S/C10H9NO6S2.Na/c11-9-4-6-1-2-8(18(12,13)14)3-7(6)5-10(9)19(15,16)17;/h1-5H,11H2,(H,12,13,14)(H,15,16,17);. The molecule has 2 aromatic carbocycles. The molecule has 0 fully saturated rings. The molecule has 0 aliphatic carbocycles. The van der Waals surface area contributed by atoms with Gasteiger partial charge in [-0.15, -0.1) is 0 Å². The van der Waals surface area contributed by atoms with Crippen LogP contribution >= 0.6 is 0 Å². The van der Waals surface area contributed by atoms with Gasteiger partial charge in [0.05, 0.1) is 10.6 Å². The van der Waals surface area contributed by atoms with Gasteiger partial charge in [-0.2, -0.15) is 16.8 Å². The molecule has 0 atom stereocenters. The van der Waals surface area contributed by atoms with Gasteiger partial charge in [0.25, 0.3) is 20.2 Å². The van der Waals surface area contributed by atoms with E-state index in [2.05, 4.69) is 0 Å². The Morgan fingerprint density at radius 3 is 1.95 bits per heavy atom. The van der Waals surface area contributed by atoms with Gasteiger partial charge in [-0.3, -0.25) is 9.11 Å². The average molecular weight is 326 g/mol. The fourth-order valence-corrected chi connectivity index (χ4v) is 2.80. The maximum absolute atomic E-state index is 11.1. The summed E-state index contributed by atoms with van der Waals surface area (Å²) in [7, 11) is -8.91. The topological polar surface area (TPSA) is 135 Å². The third-order valence-electron chi connectivity index (χ3n) is 2.52. The minimum Gasteiger partial charge on any atom is -0.398 e. The zero-order valence-electron chi connectivity index (χ0n) is 10.3. The fourth-order valence-electron chi connectivity index (χ4n) is 1.66. The number of fused-ring (bicyclic) bond motifs is 1. The molecule has 1 radical (unpaired) electrons. The quantitative estimate of drug-likeness (QED) is 0.416. The van der Waals surface area contributed by atoms with Crippen molar-refractivity contribution in [3.8, 4) is 0 Å². The van der Waals surface area contributed by atoms with Gasteiger partial charge in [-0.05, 0) is 35.0 Å². The Bertz CT molecular complexity index is 876. The van der Waals surface area contributed by atoms with E-state index in [1.165, 1.54) is 12.1 Å². The Morgan fingerprint density at radius 2 is 1.45 bits per heavy atom. The van der Waals surface area contributed by atoms with Gasteiger partial charge < -0.3 is 5.73 Å². The first-order valence-electron chi connectivity index (χ1n) is 4.87. The molecule has 103 valence electrons. The number of hydrogen-bond donors (Lipinski definition) is 3. The smallest absolute Gasteiger partial charge is 0.296 e. The molecule has 10 heteroatoms. The molecule has 0 saturated heterocycles. The SMILES string of the molecule is Nc1cc2ccc(S(=O)(=O)O)cc2cc1S(=O)(=O)O.[Na]. The van der Waals surface area contributed by atoms with Crippen molar-refractivity contribution in [1.82, 2.24) is 0 Å². The second kappa shape index (κ2) is 5.60. The van der Waals surface area contributed by atoms with Crippen LogP contribution in [0, 0.1) is 0 Å². The summed E-state index contributed by atoms with van der Waals surface area (Å²) in [4.78, 5) is -0.904. The molecule has 0 heterocycles. The van der Waals surface area contributed by atoms with Crippen LogP contribution < -0.4 is 5.73 Å². The Balaban J connectivity index is 0.00000200. The van der Waals surface area contributed by atoms with E-state index in [4.69, 9.17) is 14.8 Å². The Hall–Kier alpha value is -0.680. The van der Waals surface area contributed by atoms with Crippen LogP contribution in [0.5, 0.6) is 0 Å². The molecular formula is C10H9NNaO6S2. The first kappa shape index (κ1) is 17.4. The summed E-state index contributed by atoms with van der Waals surface area (Å²) in [5.41, 5.74) is 5.33. The Kier molecular flexibility index (Phi) is 4.87. The van der Waals surface area contributed by atoms with E-state index in [1.54, 1.807) is 0 Å². The molecule has 2 rings (SSSR count). The normalized spacial score (nSPS) is 12.1. The Morgan fingerprint density at radius 1 is 0.850 bits per heavy atom. The molecule has 0 spiro atoms. The fraction of sp³-hybridized carbons (Fsp3) is 0. The predicted molar refractivity (Wildman–Crippen MR) is 73.7 cm³/mol. The zero-order valence-corrected chi connectivity index (χ0v) is 13.9. The van der Waals surface area contributed by atoms with Crippen LogP contribution in [0.3, 0.4) is 0 Å². The molecule has 7 nitrogen and oxygen atoms in total. The van der Waals surface area contributed by atoms with Crippen LogP contribution in [-0.4, -0.2) is 55.5 Å². The van der Waals surface area contributed by atoms with Gasteiger partial charge >= 0.3 is 0 Å². The number of anilines is 1. The van der Waals surface area contributed by atoms with Crippen LogP contribution in [0.15, 0.2) is 40.1 Å². The second-order valence-corrected chi connectivity index (χ2v) is 6.66. The summed E-state index contributed by atoms with van der Waals surface area (Å²) in [6, 6.07) is 5.92. The van der Waals surface area contributed by atoms with Crippen LogP contribution in [-0.2, 0) is 20.2 Å². The summed E-state index contributed by atoms with van der Waals surface area (Å²) in [5.74, 6) is 0. The number of hydrogen-bond acceptors (Lipinski definition) is 5. The summed E-state index contributed by atoms with van der Waals surface area (Å²) in [6.07, 6.45) is 0. The predicted octanol–water partition coefficient (Wildman–Crippen LogP) is 0.535. The van der Waals surface area contributed by atoms with E-state index in [1.807, 2.05) is 0 Å². The van der Waals surface area contributed by atoms with Crippen molar-refractivity contribution >= 4 is 66.3 Å². The van der Waals surface area contributed by atoms with Crippen molar-refractivity contribution in [2.75, 3.05) is 5.73 Å². The molecule has 0 unspecified atom stereocenters. The third-order valence-corrected chi connectivity index (χ3v) is 4.28. The molecule has 0 bridgehead atoms. The van der Waals surface area contributed by atoms with E-state index < -0.39 is 25.1 Å². The zero-order chi connectivity index (χ0) is 14.4. The maximum Gasteiger partial charge on any atom is 0.296 e. The van der Waals surface area contributed by atoms with Gasteiger partial charge in [0.15, 0.2) is 0 Å². The molecule has 0 saturated carbocycles. The van der Waals surface area contributed by atoms with Gasteiger partial charge in [0, 0.05) is 29.6 Å². The van der Waals surface area contributed by atoms with E-state index in [0.29, 0.717) is 5.39 Å².